The molecule has 7 saturated carbocycles. The van der Waals surface area contributed by atoms with E-state index in [1.165, 1.54) is 89.5 Å². The van der Waals surface area contributed by atoms with Crippen molar-refractivity contribution in [1.29, 1.82) is 0 Å². The smallest absolute Gasteiger partial charge is 0.330 e. The first kappa shape index (κ1) is 28.0. The van der Waals surface area contributed by atoms with Gasteiger partial charge in [-0.3, -0.25) is 4.90 Å². The monoisotopic (exact) mass is 549 g/mol. The van der Waals surface area contributed by atoms with Crippen LogP contribution in [0.15, 0.2) is 12.7 Å². The first-order valence-electron chi connectivity index (χ1n) is 18.3. The van der Waals surface area contributed by atoms with Gasteiger partial charge in [0.05, 0.1) is 0 Å². The third kappa shape index (κ3) is 5.48. The van der Waals surface area contributed by atoms with Gasteiger partial charge >= 0.3 is 5.97 Å². The van der Waals surface area contributed by atoms with Crippen LogP contribution in [0.3, 0.4) is 0 Å². The zero-order valence-electron chi connectivity index (χ0n) is 25.5. The molecule has 7 atom stereocenters. The molecule has 0 amide bonds. The van der Waals surface area contributed by atoms with Gasteiger partial charge in [-0.05, 0) is 150 Å². The van der Waals surface area contributed by atoms with Crippen molar-refractivity contribution in [2.75, 3.05) is 0 Å². The zero-order chi connectivity index (χ0) is 27.1. The molecule has 7 rings (SSSR count). The molecular weight excluding hydrogens is 490 g/mol. The van der Waals surface area contributed by atoms with Crippen molar-refractivity contribution < 1.29 is 9.53 Å². The second-order valence-corrected chi connectivity index (χ2v) is 15.8. The predicted octanol–water partition coefficient (Wildman–Crippen LogP) is 9.10. The summed E-state index contributed by atoms with van der Waals surface area (Å²) in [5, 5.41) is 0. The van der Waals surface area contributed by atoms with Crippen LogP contribution < -0.4 is 0 Å². The number of carbonyl (C=O) groups excluding carboxylic acids is 1. The molecule has 0 aromatic rings. The maximum atomic E-state index is 11.7. The minimum atomic E-state index is -0.235. The summed E-state index contributed by atoms with van der Waals surface area (Å²) in [4.78, 5) is 15.0. The van der Waals surface area contributed by atoms with Crippen LogP contribution in [0.25, 0.3) is 0 Å². The van der Waals surface area contributed by atoms with Crippen LogP contribution >= 0.6 is 0 Å². The summed E-state index contributed by atoms with van der Waals surface area (Å²) in [6.45, 7) is 3.57. The van der Waals surface area contributed by atoms with E-state index in [9.17, 15) is 4.79 Å². The van der Waals surface area contributed by atoms with Gasteiger partial charge in [0.25, 0.3) is 0 Å². The Hall–Kier alpha value is -0.830. The molecule has 0 spiro atoms. The quantitative estimate of drug-likeness (QED) is 0.244. The van der Waals surface area contributed by atoms with Crippen molar-refractivity contribution in [3.8, 4) is 0 Å². The Bertz CT molecular complexity index is 857. The van der Waals surface area contributed by atoms with E-state index in [-0.39, 0.29) is 12.1 Å². The molecule has 0 radical (unpaired) electrons. The molecule has 7 aliphatic carbocycles. The van der Waals surface area contributed by atoms with Crippen molar-refractivity contribution >= 4 is 5.97 Å². The predicted molar refractivity (Wildman–Crippen MR) is 163 cm³/mol. The summed E-state index contributed by atoms with van der Waals surface area (Å²) in [6, 6.07) is 2.65. The lowest BCUT2D eigenvalue weighted by atomic mass is 9.47. The molecule has 0 aromatic heterocycles. The van der Waals surface area contributed by atoms with Gasteiger partial charge in [0, 0.05) is 24.2 Å². The summed E-state index contributed by atoms with van der Waals surface area (Å²) < 4.78 is 5.59. The highest BCUT2D eigenvalue weighted by Gasteiger charge is 2.55. The number of carbonyl (C=O) groups is 1. The molecule has 7 aliphatic rings. The summed E-state index contributed by atoms with van der Waals surface area (Å²) in [5.74, 6) is 8.02. The number of ether oxygens (including phenoxy) is 1. The number of hydrogen-bond donors (Lipinski definition) is 0. The highest BCUT2D eigenvalue weighted by Crippen LogP contribution is 2.61. The molecule has 3 nitrogen and oxygen atoms in total. The number of nitrogens with zero attached hydrogens (tertiary/aromatic N) is 1. The average molecular weight is 550 g/mol. The Morgan fingerprint density at radius 2 is 1.10 bits per heavy atom. The van der Waals surface area contributed by atoms with Crippen molar-refractivity contribution in [3.05, 3.63) is 12.7 Å². The Morgan fingerprint density at radius 1 is 0.550 bits per heavy atom. The first-order valence-corrected chi connectivity index (χ1v) is 18.3. The van der Waals surface area contributed by atoms with Crippen LogP contribution in [0.1, 0.15) is 141 Å². The molecule has 0 aliphatic heterocycles. The van der Waals surface area contributed by atoms with E-state index in [0.717, 1.165) is 78.3 Å². The van der Waals surface area contributed by atoms with E-state index < -0.39 is 0 Å². The number of rotatable bonds is 6. The van der Waals surface area contributed by atoms with E-state index >= 15 is 0 Å². The summed E-state index contributed by atoms with van der Waals surface area (Å²) in [5.41, 5.74) is 0. The van der Waals surface area contributed by atoms with E-state index in [4.69, 9.17) is 4.74 Å². The Balaban J connectivity index is 1.03. The maximum Gasteiger partial charge on any atom is 0.330 e. The van der Waals surface area contributed by atoms with Gasteiger partial charge in [0.2, 0.25) is 0 Å². The van der Waals surface area contributed by atoms with Gasteiger partial charge in [0.1, 0.15) is 6.10 Å². The number of esters is 1. The second-order valence-electron chi connectivity index (χ2n) is 15.8. The third-order valence-corrected chi connectivity index (χ3v) is 14.2. The van der Waals surface area contributed by atoms with Gasteiger partial charge in [-0.25, -0.2) is 4.79 Å². The lowest BCUT2D eigenvalue weighted by Gasteiger charge is -2.62. The Kier molecular flexibility index (Phi) is 8.68. The van der Waals surface area contributed by atoms with E-state index in [0.29, 0.717) is 0 Å². The normalized spacial score (nSPS) is 45.9. The van der Waals surface area contributed by atoms with Crippen molar-refractivity contribution in [1.82, 2.24) is 4.90 Å². The van der Waals surface area contributed by atoms with E-state index in [1.807, 2.05) is 0 Å². The number of hydrogen-bond acceptors (Lipinski definition) is 3. The van der Waals surface area contributed by atoms with Crippen LogP contribution in [0.4, 0.5) is 0 Å². The molecule has 0 bridgehead atoms. The van der Waals surface area contributed by atoms with Crippen molar-refractivity contribution in [2.45, 2.75) is 165 Å². The maximum absolute atomic E-state index is 11.7. The molecule has 0 aromatic carbocycles. The zero-order valence-corrected chi connectivity index (χ0v) is 25.5. The molecule has 40 heavy (non-hydrogen) atoms. The topological polar surface area (TPSA) is 29.5 Å². The molecule has 7 unspecified atom stereocenters. The third-order valence-electron chi connectivity index (χ3n) is 14.2. The minimum Gasteiger partial charge on any atom is -0.459 e. The van der Waals surface area contributed by atoms with Crippen LogP contribution in [-0.4, -0.2) is 35.1 Å². The Morgan fingerprint density at radius 3 is 1.77 bits per heavy atom. The standard InChI is InChI=1S/C37H59NO2/c1-2-35(39)40-32-21-15-26(16-22-32)25-13-19-31(20-14-25)38(30-9-4-3-5-10-30)34-24-18-29-12-11-27-7-6-8-28-17-23-33(34)37(29)36(27)28/h2,25-34,36-37H,1,3-24H2. The highest BCUT2D eigenvalue weighted by molar-refractivity contribution is 5.81. The fourth-order valence-electron chi connectivity index (χ4n) is 12.6. The summed E-state index contributed by atoms with van der Waals surface area (Å²) in [7, 11) is 0. The van der Waals surface area contributed by atoms with Crippen molar-refractivity contribution in [2.24, 2.45) is 47.3 Å². The first-order chi connectivity index (χ1) is 19.7. The largest absolute Gasteiger partial charge is 0.459 e. The SMILES string of the molecule is C=CC(=O)OC1CCC(C2CCC(N(C3CCCCC3)C3CCC4CCC5CCCC6CCC3C4C56)CC2)CC1. The molecule has 224 valence electrons. The molecular formula is C37H59NO2. The molecule has 0 saturated heterocycles. The lowest BCUT2D eigenvalue weighted by Crippen LogP contribution is -2.61. The highest BCUT2D eigenvalue weighted by atomic mass is 16.5. The Labute approximate surface area is 245 Å². The molecule has 7 fully saturated rings. The summed E-state index contributed by atoms with van der Waals surface area (Å²) in [6.07, 6.45) is 33.4. The van der Waals surface area contributed by atoms with E-state index in [2.05, 4.69) is 11.5 Å². The van der Waals surface area contributed by atoms with Gasteiger partial charge in [-0.1, -0.05) is 45.1 Å². The molecule has 0 heterocycles. The van der Waals surface area contributed by atoms with E-state index in [1.54, 1.807) is 44.9 Å². The fraction of sp³-hybridized carbons (Fsp3) is 0.919. The fourth-order valence-corrected chi connectivity index (χ4v) is 12.6. The lowest BCUT2D eigenvalue weighted by molar-refractivity contribution is -0.145. The molecule has 0 N–H and O–H groups in total. The van der Waals surface area contributed by atoms with Gasteiger partial charge in [-0.15, -0.1) is 0 Å². The van der Waals surface area contributed by atoms with Gasteiger partial charge < -0.3 is 4.74 Å². The second kappa shape index (κ2) is 12.4. The minimum absolute atomic E-state index is 0.133. The van der Waals surface area contributed by atoms with Crippen molar-refractivity contribution in [3.63, 3.8) is 0 Å². The average Bonchev–Trinajstić information content (AvgIpc) is 3.02. The van der Waals surface area contributed by atoms with Crippen LogP contribution in [0, 0.1) is 47.3 Å². The van der Waals surface area contributed by atoms with Crippen LogP contribution in [0.2, 0.25) is 0 Å². The van der Waals surface area contributed by atoms with Crippen LogP contribution in [0.5, 0.6) is 0 Å². The molecule has 3 heteroatoms. The van der Waals surface area contributed by atoms with Crippen LogP contribution in [-0.2, 0) is 9.53 Å². The summed E-state index contributed by atoms with van der Waals surface area (Å²) >= 11 is 0. The van der Waals surface area contributed by atoms with Gasteiger partial charge in [0.15, 0.2) is 0 Å². The van der Waals surface area contributed by atoms with Gasteiger partial charge in [-0.2, -0.15) is 0 Å².